The molecule has 0 spiro atoms. The smallest absolute Gasteiger partial charge is 0.231 e. The largest absolute Gasteiger partial charge is 0.274 e. The van der Waals surface area contributed by atoms with Crippen LogP contribution in [0.25, 0.3) is 0 Å². The normalized spacial score (nSPS) is 9.60. The van der Waals surface area contributed by atoms with Gasteiger partial charge >= 0.3 is 0 Å². The van der Waals surface area contributed by atoms with Crippen molar-refractivity contribution in [2.24, 2.45) is 0 Å². The van der Waals surface area contributed by atoms with Gasteiger partial charge in [0.05, 0.1) is 0 Å². The van der Waals surface area contributed by atoms with E-state index >= 15 is 0 Å². The summed E-state index contributed by atoms with van der Waals surface area (Å²) >= 11 is 9.89. The van der Waals surface area contributed by atoms with Crippen molar-refractivity contribution >= 4 is 78.3 Å². The van der Waals surface area contributed by atoms with Gasteiger partial charge in [0.15, 0.2) is 8.64 Å². The molecule has 0 radical (unpaired) electrons. The summed E-state index contributed by atoms with van der Waals surface area (Å²) in [5.74, 6) is -2.07. The molecule has 0 heterocycles. The van der Waals surface area contributed by atoms with Crippen LogP contribution in [0.15, 0.2) is 0 Å². The van der Waals surface area contributed by atoms with Crippen LogP contribution in [0, 0.1) is 0 Å². The first-order valence-electron chi connectivity index (χ1n) is 5.14. The lowest BCUT2D eigenvalue weighted by Crippen LogP contribution is -2.37. The van der Waals surface area contributed by atoms with E-state index < -0.39 is 23.6 Å². The van der Waals surface area contributed by atoms with Gasteiger partial charge in [-0.2, -0.15) is 0 Å². The van der Waals surface area contributed by atoms with E-state index in [0.29, 0.717) is 0 Å². The highest BCUT2D eigenvalue weighted by atomic mass is 33.1. The first-order chi connectivity index (χ1) is 9.09. The zero-order valence-electron chi connectivity index (χ0n) is 11.2. The second-order valence-electron chi connectivity index (χ2n) is 3.45. The number of rotatable bonds is 0. The molecule has 0 saturated carbocycles. The molecule has 10 heteroatoms. The predicted molar refractivity (Wildman–Crippen MR) is 86.8 cm³/mol. The summed E-state index contributed by atoms with van der Waals surface area (Å²) in [5.41, 5.74) is 0. The molecule has 0 fully saturated rings. The topological polar surface area (TPSA) is 74.8 Å². The molecule has 0 aliphatic rings. The lowest BCUT2D eigenvalue weighted by molar-refractivity contribution is -0.138. The summed E-state index contributed by atoms with van der Waals surface area (Å²) in [5, 5.41) is 0. The Balaban J connectivity index is 4.77. The molecule has 0 aromatic heterocycles. The number of carbonyl (C=O) groups excluding carboxylic acids is 4. The van der Waals surface area contributed by atoms with E-state index in [1.54, 1.807) is 0 Å². The Kier molecular flexibility index (Phi) is 8.09. The highest BCUT2D eigenvalue weighted by Gasteiger charge is 2.24. The van der Waals surface area contributed by atoms with Crippen molar-refractivity contribution in [2.75, 3.05) is 0 Å². The summed E-state index contributed by atoms with van der Waals surface area (Å²) in [4.78, 5) is 46.7. The van der Waals surface area contributed by atoms with E-state index in [1.807, 2.05) is 0 Å². The number of nitrogens with zero attached hydrogens (tertiary/aromatic N) is 2. The van der Waals surface area contributed by atoms with E-state index in [9.17, 15) is 19.2 Å². The van der Waals surface area contributed by atoms with Gasteiger partial charge < -0.3 is 0 Å². The third-order valence-corrected chi connectivity index (χ3v) is 5.24. The Hall–Kier alpha value is -0.840. The van der Waals surface area contributed by atoms with Crippen molar-refractivity contribution in [3.05, 3.63) is 0 Å². The Morgan fingerprint density at radius 3 is 1.00 bits per heavy atom. The molecule has 20 heavy (non-hydrogen) atoms. The summed E-state index contributed by atoms with van der Waals surface area (Å²) in [6.45, 7) is 4.81. The van der Waals surface area contributed by atoms with Crippen molar-refractivity contribution in [3.63, 3.8) is 0 Å². The Labute approximate surface area is 135 Å². The molecule has 0 atom stereocenters. The fourth-order valence-electron chi connectivity index (χ4n) is 1.10. The van der Waals surface area contributed by atoms with Crippen molar-refractivity contribution < 1.29 is 19.2 Å². The number of imide groups is 2. The predicted octanol–water partition coefficient (Wildman–Crippen LogP) is 1.73. The number of amides is 4. The maximum Gasteiger partial charge on any atom is 0.231 e. The molecule has 0 aromatic rings. The molecule has 0 unspecified atom stereocenters. The van der Waals surface area contributed by atoms with Crippen LogP contribution in [0.2, 0.25) is 0 Å². The van der Waals surface area contributed by atoms with Crippen LogP contribution < -0.4 is 0 Å². The monoisotopic (exact) mass is 352 g/mol. The fourth-order valence-corrected chi connectivity index (χ4v) is 3.91. The molecule has 0 aliphatic carbocycles. The zero-order chi connectivity index (χ0) is 16.0. The average molecular weight is 352 g/mol. The summed E-state index contributed by atoms with van der Waals surface area (Å²) in [7, 11) is 1.71. The standard InChI is InChI=1S/C10H12N2O4S4/c1-5(13)11(6(2)14)9(17)19-20-10(18)12(7(3)15)8(4)16/h1-4H3. The molecule has 0 bridgehead atoms. The third kappa shape index (κ3) is 5.65. The van der Waals surface area contributed by atoms with Gasteiger partial charge in [0.1, 0.15) is 0 Å². The van der Waals surface area contributed by atoms with Crippen molar-refractivity contribution in [1.82, 2.24) is 9.80 Å². The van der Waals surface area contributed by atoms with Crippen LogP contribution in [0.1, 0.15) is 27.7 Å². The van der Waals surface area contributed by atoms with Crippen LogP contribution in [0.5, 0.6) is 0 Å². The van der Waals surface area contributed by atoms with E-state index in [0.717, 1.165) is 31.4 Å². The van der Waals surface area contributed by atoms with Gasteiger partial charge in [0.2, 0.25) is 23.6 Å². The lowest BCUT2D eigenvalue weighted by atomic mass is 10.5. The first-order valence-corrected chi connectivity index (χ1v) is 8.11. The van der Waals surface area contributed by atoms with Crippen LogP contribution in [-0.4, -0.2) is 42.1 Å². The minimum Gasteiger partial charge on any atom is -0.274 e. The van der Waals surface area contributed by atoms with Crippen molar-refractivity contribution in [2.45, 2.75) is 27.7 Å². The Morgan fingerprint density at radius 1 is 0.650 bits per heavy atom. The van der Waals surface area contributed by atoms with Crippen molar-refractivity contribution in [1.29, 1.82) is 0 Å². The molecule has 0 saturated heterocycles. The summed E-state index contributed by atoms with van der Waals surface area (Å²) in [6, 6.07) is 0. The van der Waals surface area contributed by atoms with E-state index in [2.05, 4.69) is 0 Å². The average Bonchev–Trinajstić information content (AvgIpc) is 2.23. The van der Waals surface area contributed by atoms with Crippen LogP contribution in [-0.2, 0) is 19.2 Å². The van der Waals surface area contributed by atoms with Crippen molar-refractivity contribution in [3.8, 4) is 0 Å². The maximum atomic E-state index is 11.3. The van der Waals surface area contributed by atoms with Gasteiger partial charge in [-0.3, -0.25) is 19.2 Å². The van der Waals surface area contributed by atoms with Gasteiger partial charge in [-0.1, -0.05) is 24.4 Å². The minimum absolute atomic E-state index is 0.00981. The number of thiocarbonyl (C=S) groups is 2. The maximum absolute atomic E-state index is 11.3. The summed E-state index contributed by atoms with van der Waals surface area (Å²) in [6.07, 6.45) is 0. The number of carbonyl (C=O) groups is 4. The van der Waals surface area contributed by atoms with Gasteiger partial charge in [-0.25, -0.2) is 9.80 Å². The van der Waals surface area contributed by atoms with Crippen LogP contribution in [0.4, 0.5) is 0 Å². The Bertz CT molecular complexity index is 420. The van der Waals surface area contributed by atoms with Gasteiger partial charge in [0, 0.05) is 27.7 Å². The third-order valence-electron chi connectivity index (χ3n) is 1.81. The molecule has 0 N–H and O–H groups in total. The second-order valence-corrected chi connectivity index (χ2v) is 6.84. The molecule has 110 valence electrons. The highest BCUT2D eigenvalue weighted by Crippen LogP contribution is 2.28. The molecule has 0 aliphatic heterocycles. The minimum atomic E-state index is -0.517. The zero-order valence-corrected chi connectivity index (χ0v) is 14.4. The van der Waals surface area contributed by atoms with E-state index in [1.165, 1.54) is 27.7 Å². The lowest BCUT2D eigenvalue weighted by Gasteiger charge is -2.19. The molecular weight excluding hydrogens is 340 g/mol. The molecule has 4 amide bonds. The second kappa shape index (κ2) is 8.45. The highest BCUT2D eigenvalue weighted by molar-refractivity contribution is 8.89. The van der Waals surface area contributed by atoms with Gasteiger partial charge in [0.25, 0.3) is 0 Å². The first kappa shape index (κ1) is 19.2. The number of hydrogen-bond acceptors (Lipinski definition) is 8. The Morgan fingerprint density at radius 2 is 0.850 bits per heavy atom. The molecular formula is C10H12N2O4S4. The van der Waals surface area contributed by atoms with Gasteiger partial charge in [-0.05, 0) is 21.6 Å². The molecule has 0 aromatic carbocycles. The quantitative estimate of drug-likeness (QED) is 0.482. The van der Waals surface area contributed by atoms with Gasteiger partial charge in [-0.15, -0.1) is 0 Å². The summed E-state index contributed by atoms with van der Waals surface area (Å²) < 4.78 is -0.0196. The SMILES string of the molecule is CC(=O)N(C(C)=O)C(=S)SSC(=S)N(C(C)=O)C(C)=O. The fraction of sp³-hybridized carbons (Fsp3) is 0.400. The molecule has 6 nitrogen and oxygen atoms in total. The van der Waals surface area contributed by atoms with E-state index in [-0.39, 0.29) is 8.64 Å². The number of hydrogen-bond donors (Lipinski definition) is 0. The van der Waals surface area contributed by atoms with Crippen LogP contribution >= 0.6 is 46.0 Å². The van der Waals surface area contributed by atoms with E-state index in [4.69, 9.17) is 24.4 Å². The van der Waals surface area contributed by atoms with Crippen LogP contribution in [0.3, 0.4) is 0 Å². The molecule has 0 rings (SSSR count).